The Labute approximate surface area is 69.0 Å². The summed E-state index contributed by atoms with van der Waals surface area (Å²) in [6.07, 6.45) is 0.891. The van der Waals surface area contributed by atoms with Crippen molar-refractivity contribution in [1.29, 1.82) is 0 Å². The standard InChI is InChI=1S/C9H11OP/c1-6-3-7(2)9(11)4-8(6)5-10/h3-5H,11H2,1-2H3. The zero-order valence-electron chi connectivity index (χ0n) is 6.72. The topological polar surface area (TPSA) is 17.1 Å². The Morgan fingerprint density at radius 2 is 1.91 bits per heavy atom. The fourth-order valence-corrected chi connectivity index (χ4v) is 1.28. The number of aryl methyl sites for hydroxylation is 2. The van der Waals surface area contributed by atoms with Crippen LogP contribution in [-0.4, -0.2) is 6.29 Å². The molecule has 0 saturated carbocycles. The van der Waals surface area contributed by atoms with Crippen molar-refractivity contribution in [3.05, 3.63) is 28.8 Å². The van der Waals surface area contributed by atoms with Crippen LogP contribution in [0.4, 0.5) is 0 Å². The van der Waals surface area contributed by atoms with Crippen LogP contribution in [0.25, 0.3) is 0 Å². The third kappa shape index (κ3) is 1.66. The van der Waals surface area contributed by atoms with Gasteiger partial charge in [-0.25, -0.2) is 0 Å². The van der Waals surface area contributed by atoms with E-state index >= 15 is 0 Å². The Morgan fingerprint density at radius 1 is 1.27 bits per heavy atom. The van der Waals surface area contributed by atoms with Crippen LogP contribution in [0.2, 0.25) is 0 Å². The van der Waals surface area contributed by atoms with E-state index < -0.39 is 0 Å². The SMILES string of the molecule is Cc1cc(C)c(C=O)cc1P. The molecule has 0 aromatic heterocycles. The van der Waals surface area contributed by atoms with Crippen molar-refractivity contribution >= 4 is 20.8 Å². The van der Waals surface area contributed by atoms with E-state index in [0.717, 1.165) is 22.7 Å². The molecule has 0 spiro atoms. The lowest BCUT2D eigenvalue weighted by atomic mass is 10.1. The molecule has 0 N–H and O–H groups in total. The lowest BCUT2D eigenvalue weighted by Crippen LogP contribution is -2.00. The highest BCUT2D eigenvalue weighted by Gasteiger charge is 1.99. The molecule has 0 saturated heterocycles. The fraction of sp³-hybridized carbons (Fsp3) is 0.222. The molecular formula is C9H11OP. The molecule has 1 rings (SSSR count). The van der Waals surface area contributed by atoms with Gasteiger partial charge in [-0.05, 0) is 36.3 Å². The maximum Gasteiger partial charge on any atom is 0.150 e. The highest BCUT2D eigenvalue weighted by atomic mass is 31.0. The van der Waals surface area contributed by atoms with Gasteiger partial charge in [0, 0.05) is 5.56 Å². The van der Waals surface area contributed by atoms with Gasteiger partial charge in [-0.2, -0.15) is 0 Å². The van der Waals surface area contributed by atoms with Gasteiger partial charge in [-0.3, -0.25) is 4.79 Å². The highest BCUT2D eigenvalue weighted by molar-refractivity contribution is 7.27. The number of aldehydes is 1. The summed E-state index contributed by atoms with van der Waals surface area (Å²) in [6, 6.07) is 3.91. The maximum atomic E-state index is 10.5. The molecule has 0 heterocycles. The van der Waals surface area contributed by atoms with Gasteiger partial charge < -0.3 is 0 Å². The molecule has 1 aromatic carbocycles. The molecule has 0 fully saturated rings. The summed E-state index contributed by atoms with van der Waals surface area (Å²) in [6.45, 7) is 3.98. The van der Waals surface area contributed by atoms with E-state index in [0.29, 0.717) is 0 Å². The average molecular weight is 166 g/mol. The van der Waals surface area contributed by atoms with Gasteiger partial charge >= 0.3 is 0 Å². The number of carbonyl (C=O) groups excluding carboxylic acids is 1. The number of rotatable bonds is 1. The molecule has 2 heteroatoms. The molecule has 0 aliphatic rings. The van der Waals surface area contributed by atoms with E-state index in [9.17, 15) is 4.79 Å². The molecule has 0 amide bonds. The minimum absolute atomic E-state index is 0.778. The van der Waals surface area contributed by atoms with E-state index in [1.54, 1.807) is 0 Å². The van der Waals surface area contributed by atoms with E-state index in [1.807, 2.05) is 26.0 Å². The van der Waals surface area contributed by atoms with Crippen molar-refractivity contribution in [2.75, 3.05) is 0 Å². The summed E-state index contributed by atoms with van der Waals surface area (Å²) in [5, 5.41) is 1.10. The smallest absolute Gasteiger partial charge is 0.150 e. The van der Waals surface area contributed by atoms with Crippen LogP contribution in [0.5, 0.6) is 0 Å². The maximum absolute atomic E-state index is 10.5. The van der Waals surface area contributed by atoms with Gasteiger partial charge in [0.15, 0.2) is 0 Å². The van der Waals surface area contributed by atoms with Crippen molar-refractivity contribution in [3.8, 4) is 0 Å². The zero-order valence-corrected chi connectivity index (χ0v) is 7.87. The number of benzene rings is 1. The average Bonchev–Trinajstić information content (AvgIpc) is 1.97. The number of carbonyl (C=O) groups is 1. The monoisotopic (exact) mass is 166 g/mol. The Morgan fingerprint density at radius 3 is 2.45 bits per heavy atom. The molecule has 0 bridgehead atoms. The molecule has 11 heavy (non-hydrogen) atoms. The molecular weight excluding hydrogens is 155 g/mol. The first-order valence-electron chi connectivity index (χ1n) is 3.47. The lowest BCUT2D eigenvalue weighted by Gasteiger charge is -2.03. The molecule has 58 valence electrons. The van der Waals surface area contributed by atoms with Crippen molar-refractivity contribution in [2.45, 2.75) is 13.8 Å². The summed E-state index contributed by atoms with van der Waals surface area (Å²) < 4.78 is 0. The molecule has 1 nitrogen and oxygen atoms in total. The minimum atomic E-state index is 0.778. The third-order valence-electron chi connectivity index (χ3n) is 1.78. The van der Waals surface area contributed by atoms with Crippen molar-refractivity contribution in [3.63, 3.8) is 0 Å². The van der Waals surface area contributed by atoms with Crippen LogP contribution in [0, 0.1) is 13.8 Å². The number of hydrogen-bond donors (Lipinski definition) is 0. The first-order valence-corrected chi connectivity index (χ1v) is 4.05. The largest absolute Gasteiger partial charge is 0.298 e. The molecule has 0 radical (unpaired) electrons. The Balaban J connectivity index is 3.31. The Hall–Kier alpha value is -0.680. The molecule has 0 aliphatic heterocycles. The molecule has 0 aliphatic carbocycles. The van der Waals surface area contributed by atoms with E-state index in [-0.39, 0.29) is 0 Å². The quantitative estimate of drug-likeness (QED) is 0.457. The second-order valence-electron chi connectivity index (χ2n) is 2.68. The minimum Gasteiger partial charge on any atom is -0.298 e. The highest BCUT2D eigenvalue weighted by Crippen LogP contribution is 2.08. The summed E-state index contributed by atoms with van der Waals surface area (Å²) in [4.78, 5) is 10.5. The summed E-state index contributed by atoms with van der Waals surface area (Å²) >= 11 is 0. The van der Waals surface area contributed by atoms with Crippen LogP contribution >= 0.6 is 9.24 Å². The zero-order chi connectivity index (χ0) is 8.43. The van der Waals surface area contributed by atoms with E-state index in [4.69, 9.17) is 0 Å². The van der Waals surface area contributed by atoms with Crippen LogP contribution in [0.1, 0.15) is 21.5 Å². The molecule has 1 unspecified atom stereocenters. The Bertz CT molecular complexity index is 292. The van der Waals surface area contributed by atoms with Crippen molar-refractivity contribution in [2.24, 2.45) is 0 Å². The van der Waals surface area contributed by atoms with Crippen molar-refractivity contribution < 1.29 is 4.79 Å². The van der Waals surface area contributed by atoms with Crippen molar-refractivity contribution in [1.82, 2.24) is 0 Å². The molecule has 1 atom stereocenters. The second-order valence-corrected chi connectivity index (χ2v) is 3.31. The number of hydrogen-bond acceptors (Lipinski definition) is 1. The normalized spacial score (nSPS) is 9.73. The predicted octanol–water partition coefficient (Wildman–Crippen LogP) is 1.62. The van der Waals surface area contributed by atoms with Crippen LogP contribution in [-0.2, 0) is 0 Å². The van der Waals surface area contributed by atoms with Gasteiger partial charge in [0.2, 0.25) is 0 Å². The summed E-state index contributed by atoms with van der Waals surface area (Å²) in [5.41, 5.74) is 3.03. The van der Waals surface area contributed by atoms with Crippen LogP contribution in [0.3, 0.4) is 0 Å². The summed E-state index contributed by atoms with van der Waals surface area (Å²) in [5.74, 6) is 0. The van der Waals surface area contributed by atoms with Gasteiger partial charge in [-0.1, -0.05) is 6.07 Å². The summed E-state index contributed by atoms with van der Waals surface area (Å²) in [7, 11) is 2.61. The van der Waals surface area contributed by atoms with Crippen LogP contribution < -0.4 is 5.30 Å². The first kappa shape index (κ1) is 8.42. The van der Waals surface area contributed by atoms with Gasteiger partial charge in [-0.15, -0.1) is 9.24 Å². The third-order valence-corrected chi connectivity index (χ3v) is 2.40. The van der Waals surface area contributed by atoms with Gasteiger partial charge in [0.1, 0.15) is 6.29 Å². The second kappa shape index (κ2) is 3.15. The van der Waals surface area contributed by atoms with Crippen LogP contribution in [0.15, 0.2) is 12.1 Å². The predicted molar refractivity (Wildman–Crippen MR) is 50.6 cm³/mol. The lowest BCUT2D eigenvalue weighted by molar-refractivity contribution is 0.112. The van der Waals surface area contributed by atoms with Gasteiger partial charge in [0.25, 0.3) is 0 Å². The van der Waals surface area contributed by atoms with E-state index in [2.05, 4.69) is 9.24 Å². The van der Waals surface area contributed by atoms with Gasteiger partial charge in [0.05, 0.1) is 0 Å². The molecule has 1 aromatic rings. The Kier molecular flexibility index (Phi) is 2.41. The first-order chi connectivity index (χ1) is 5.15. The fourth-order valence-electron chi connectivity index (χ4n) is 1.01. The van der Waals surface area contributed by atoms with E-state index in [1.165, 1.54) is 5.56 Å².